The summed E-state index contributed by atoms with van der Waals surface area (Å²) < 4.78 is 5.51. The monoisotopic (exact) mass is 514 g/mol. The first-order valence-electron chi connectivity index (χ1n) is 12.7. The molecule has 2 heterocycles. The largest absolute Gasteiger partial charge is 0.495 e. The summed E-state index contributed by atoms with van der Waals surface area (Å²) in [5.41, 5.74) is 1.34. The molecular weight excluding hydrogens is 476 g/mol. The number of methoxy groups -OCH3 is 1. The second-order valence-electron chi connectivity index (χ2n) is 10.5. The van der Waals surface area contributed by atoms with E-state index in [4.69, 9.17) is 14.8 Å². The van der Waals surface area contributed by atoms with Crippen molar-refractivity contribution in [1.29, 1.82) is 0 Å². The van der Waals surface area contributed by atoms with E-state index < -0.39 is 24.8 Å². The number of ether oxygens (including phenoxy) is 1. The van der Waals surface area contributed by atoms with Gasteiger partial charge in [0.05, 0.1) is 31.7 Å². The second-order valence-corrected chi connectivity index (χ2v) is 10.5. The SMILES string of the molecule is COc1cc(C(=O)NCC(O)CO)ccc1Nc1ncc2c(n1)N(C1CCCC1)CC(C)(C)C(O)N2C. The van der Waals surface area contributed by atoms with Gasteiger partial charge in [0.2, 0.25) is 5.95 Å². The molecule has 1 saturated carbocycles. The third-order valence-electron chi connectivity index (χ3n) is 7.23. The molecule has 11 nitrogen and oxygen atoms in total. The fourth-order valence-electron chi connectivity index (χ4n) is 5.09. The van der Waals surface area contributed by atoms with Gasteiger partial charge >= 0.3 is 0 Å². The number of hydrogen-bond acceptors (Lipinski definition) is 10. The first-order valence-corrected chi connectivity index (χ1v) is 12.7. The molecule has 202 valence electrons. The van der Waals surface area contributed by atoms with Gasteiger partial charge in [-0.3, -0.25) is 4.79 Å². The van der Waals surface area contributed by atoms with Crippen LogP contribution >= 0.6 is 0 Å². The van der Waals surface area contributed by atoms with Crippen LogP contribution < -0.4 is 25.2 Å². The van der Waals surface area contributed by atoms with Gasteiger partial charge in [-0.05, 0) is 31.0 Å². The normalized spacial score (nSPS) is 20.2. The number of amides is 1. The zero-order valence-electron chi connectivity index (χ0n) is 21.9. The standard InChI is InChI=1S/C26H38N6O5/c1-26(2)15-32(17-7-5-6-8-17)22-20(31(3)24(26)36)13-28-25(30-22)29-19-10-9-16(11-21(19)37-4)23(35)27-12-18(34)14-33/h9-11,13,17-18,24,33-34,36H,5-8,12,14-15H2,1-4H3,(H,27,35)(H,28,29,30). The van der Waals surface area contributed by atoms with E-state index in [9.17, 15) is 15.0 Å². The minimum atomic E-state index is -1.02. The zero-order chi connectivity index (χ0) is 26.7. The number of aliphatic hydroxyl groups excluding tert-OH is 3. The summed E-state index contributed by atoms with van der Waals surface area (Å²) in [5, 5.41) is 35.3. The van der Waals surface area contributed by atoms with Gasteiger partial charge in [-0.1, -0.05) is 26.7 Å². The molecule has 0 radical (unpaired) electrons. The maximum absolute atomic E-state index is 12.4. The lowest BCUT2D eigenvalue weighted by molar-refractivity contribution is 0.0574. The predicted molar refractivity (Wildman–Crippen MR) is 142 cm³/mol. The molecule has 1 aliphatic heterocycles. The third-order valence-corrected chi connectivity index (χ3v) is 7.23. The predicted octanol–water partition coefficient (Wildman–Crippen LogP) is 1.86. The highest BCUT2D eigenvalue weighted by molar-refractivity contribution is 5.95. The Hall–Kier alpha value is -3.15. The molecule has 1 aliphatic carbocycles. The molecule has 37 heavy (non-hydrogen) atoms. The molecule has 0 saturated heterocycles. The van der Waals surface area contributed by atoms with Crippen molar-refractivity contribution >= 4 is 29.0 Å². The van der Waals surface area contributed by atoms with Crippen LogP contribution in [0.25, 0.3) is 0 Å². The number of carbonyl (C=O) groups excluding carboxylic acids is 1. The van der Waals surface area contributed by atoms with Crippen LogP contribution in [0.5, 0.6) is 5.75 Å². The van der Waals surface area contributed by atoms with Gasteiger partial charge in [-0.2, -0.15) is 4.98 Å². The van der Waals surface area contributed by atoms with Gasteiger partial charge in [-0.25, -0.2) is 4.98 Å². The zero-order valence-corrected chi connectivity index (χ0v) is 21.9. The van der Waals surface area contributed by atoms with Gasteiger partial charge < -0.3 is 40.5 Å². The highest BCUT2D eigenvalue weighted by atomic mass is 16.5. The number of nitrogens with zero attached hydrogens (tertiary/aromatic N) is 4. The number of fused-ring (bicyclic) bond motifs is 1. The third kappa shape index (κ3) is 5.73. The highest BCUT2D eigenvalue weighted by Crippen LogP contribution is 2.42. The van der Waals surface area contributed by atoms with Crippen molar-refractivity contribution in [1.82, 2.24) is 15.3 Å². The number of aliphatic hydroxyl groups is 3. The van der Waals surface area contributed by atoms with E-state index in [1.54, 1.807) is 24.4 Å². The molecule has 11 heteroatoms. The first kappa shape index (κ1) is 26.9. The maximum Gasteiger partial charge on any atom is 0.251 e. The Morgan fingerprint density at radius 2 is 2.03 bits per heavy atom. The van der Waals surface area contributed by atoms with E-state index in [0.717, 1.165) is 24.3 Å². The number of carbonyl (C=O) groups is 1. The minimum Gasteiger partial charge on any atom is -0.495 e. The Kier molecular flexibility index (Phi) is 8.05. The van der Waals surface area contributed by atoms with Crippen molar-refractivity contribution in [2.75, 3.05) is 49.0 Å². The van der Waals surface area contributed by atoms with Crippen molar-refractivity contribution in [3.8, 4) is 5.75 Å². The lowest BCUT2D eigenvalue weighted by Crippen LogP contribution is -2.48. The number of rotatable bonds is 8. The Morgan fingerprint density at radius 1 is 1.30 bits per heavy atom. The smallest absolute Gasteiger partial charge is 0.251 e. The van der Waals surface area contributed by atoms with Gasteiger partial charge in [-0.15, -0.1) is 0 Å². The summed E-state index contributed by atoms with van der Waals surface area (Å²) in [5.74, 6) is 1.20. The van der Waals surface area contributed by atoms with Crippen molar-refractivity contribution in [3.63, 3.8) is 0 Å². The average molecular weight is 515 g/mol. The number of aromatic nitrogens is 2. The molecule has 1 aromatic carbocycles. The van der Waals surface area contributed by atoms with E-state index in [1.807, 2.05) is 11.9 Å². The number of nitrogens with one attached hydrogen (secondary N) is 2. The molecule has 2 aliphatic rings. The fourth-order valence-corrected chi connectivity index (χ4v) is 5.09. The summed E-state index contributed by atoms with van der Waals surface area (Å²) in [6.45, 7) is 4.32. The minimum absolute atomic E-state index is 0.0575. The van der Waals surface area contributed by atoms with Crippen LogP contribution in [-0.4, -0.2) is 83.4 Å². The van der Waals surface area contributed by atoms with Crippen LogP contribution in [0.3, 0.4) is 0 Å². The van der Waals surface area contributed by atoms with E-state index >= 15 is 0 Å². The lowest BCUT2D eigenvalue weighted by Gasteiger charge is -2.37. The van der Waals surface area contributed by atoms with Crippen LogP contribution in [-0.2, 0) is 0 Å². The molecule has 5 N–H and O–H groups in total. The van der Waals surface area contributed by atoms with Crippen LogP contribution in [0, 0.1) is 5.41 Å². The summed E-state index contributed by atoms with van der Waals surface area (Å²) in [6, 6.07) is 5.28. The highest BCUT2D eigenvalue weighted by Gasteiger charge is 2.41. The van der Waals surface area contributed by atoms with E-state index in [-0.39, 0.29) is 12.0 Å². The topological polar surface area (TPSA) is 143 Å². The number of hydrogen-bond donors (Lipinski definition) is 5. The average Bonchev–Trinajstić information content (AvgIpc) is 3.42. The molecule has 0 spiro atoms. The van der Waals surface area contributed by atoms with Gasteiger partial charge in [0.1, 0.15) is 17.7 Å². The fraction of sp³-hybridized carbons (Fsp3) is 0.577. The summed E-state index contributed by atoms with van der Waals surface area (Å²) in [7, 11) is 3.38. The molecule has 1 aromatic heterocycles. The summed E-state index contributed by atoms with van der Waals surface area (Å²) in [6.07, 6.45) is 4.58. The van der Waals surface area contributed by atoms with Crippen LogP contribution in [0.2, 0.25) is 0 Å². The Morgan fingerprint density at radius 3 is 2.70 bits per heavy atom. The van der Waals surface area contributed by atoms with Gasteiger partial charge in [0.25, 0.3) is 5.91 Å². The first-order chi connectivity index (χ1) is 17.6. The molecule has 2 unspecified atom stereocenters. The Labute approximate surface area is 217 Å². The number of benzene rings is 1. The molecule has 1 amide bonds. The van der Waals surface area contributed by atoms with E-state index in [2.05, 4.69) is 34.4 Å². The van der Waals surface area contributed by atoms with Crippen molar-refractivity contribution in [2.45, 2.75) is 57.9 Å². The molecule has 2 aromatic rings. The molecular formula is C26H38N6O5. The van der Waals surface area contributed by atoms with Crippen molar-refractivity contribution < 1.29 is 24.9 Å². The molecule has 0 bridgehead atoms. The molecule has 4 rings (SSSR count). The number of anilines is 4. The van der Waals surface area contributed by atoms with Crippen molar-refractivity contribution in [3.05, 3.63) is 30.0 Å². The Bertz CT molecular complexity index is 1110. The quantitative estimate of drug-likeness (QED) is 0.354. The summed E-state index contributed by atoms with van der Waals surface area (Å²) >= 11 is 0. The van der Waals surface area contributed by atoms with Gasteiger partial charge in [0.15, 0.2) is 5.82 Å². The Balaban J connectivity index is 1.62. The van der Waals surface area contributed by atoms with Crippen LogP contribution in [0.15, 0.2) is 24.4 Å². The van der Waals surface area contributed by atoms with E-state index in [0.29, 0.717) is 35.5 Å². The van der Waals surface area contributed by atoms with E-state index in [1.165, 1.54) is 20.0 Å². The van der Waals surface area contributed by atoms with Crippen LogP contribution in [0.1, 0.15) is 49.9 Å². The van der Waals surface area contributed by atoms with Gasteiger partial charge in [0, 0.05) is 37.2 Å². The molecule has 1 fully saturated rings. The molecule has 2 atom stereocenters. The second kappa shape index (κ2) is 11.1. The van der Waals surface area contributed by atoms with Crippen molar-refractivity contribution in [2.24, 2.45) is 5.41 Å². The maximum atomic E-state index is 12.4. The van der Waals surface area contributed by atoms with Crippen LogP contribution in [0.4, 0.5) is 23.1 Å². The summed E-state index contributed by atoms with van der Waals surface area (Å²) in [4.78, 5) is 26.0. The lowest BCUT2D eigenvalue weighted by atomic mass is 9.89.